The summed E-state index contributed by atoms with van der Waals surface area (Å²) in [6.45, 7) is 2.64. The number of aromatic nitrogens is 2. The standard InChI is InChI=1S/C8H11ClN4O/c1-6(14)10-4-5-11-8-3-2-7(9)12-13-8/h2-3H,4-5H2,1H3,(H,10,14)(H,11,13). The predicted octanol–water partition coefficient (Wildman–Crippen LogP) is 0.678. The molecule has 0 radical (unpaired) electrons. The van der Waals surface area contributed by atoms with Gasteiger partial charge in [0, 0.05) is 20.0 Å². The van der Waals surface area contributed by atoms with E-state index in [1.54, 1.807) is 12.1 Å². The average molecular weight is 215 g/mol. The van der Waals surface area contributed by atoms with E-state index in [2.05, 4.69) is 20.8 Å². The minimum absolute atomic E-state index is 0.0472. The molecular weight excluding hydrogens is 204 g/mol. The van der Waals surface area contributed by atoms with Crippen molar-refractivity contribution < 1.29 is 4.79 Å². The molecule has 1 aromatic heterocycles. The average Bonchev–Trinajstić information content (AvgIpc) is 2.15. The van der Waals surface area contributed by atoms with Crippen LogP contribution in [0.1, 0.15) is 6.92 Å². The molecule has 0 fully saturated rings. The van der Waals surface area contributed by atoms with Crippen molar-refractivity contribution in [1.29, 1.82) is 0 Å². The summed E-state index contributed by atoms with van der Waals surface area (Å²) in [6.07, 6.45) is 0. The van der Waals surface area contributed by atoms with Crippen LogP contribution in [0.5, 0.6) is 0 Å². The first-order chi connectivity index (χ1) is 6.68. The third-order valence-electron chi connectivity index (χ3n) is 1.44. The minimum atomic E-state index is -0.0472. The SMILES string of the molecule is CC(=O)NCCNc1ccc(Cl)nn1. The molecule has 0 aliphatic carbocycles. The van der Waals surface area contributed by atoms with Gasteiger partial charge in [-0.25, -0.2) is 0 Å². The number of carbonyl (C=O) groups excluding carboxylic acids is 1. The fourth-order valence-corrected chi connectivity index (χ4v) is 0.940. The van der Waals surface area contributed by atoms with Crippen molar-refractivity contribution in [3.8, 4) is 0 Å². The first kappa shape index (κ1) is 10.7. The molecule has 14 heavy (non-hydrogen) atoms. The molecule has 0 spiro atoms. The summed E-state index contributed by atoms with van der Waals surface area (Å²) in [5.41, 5.74) is 0. The van der Waals surface area contributed by atoms with Crippen LogP contribution in [0.25, 0.3) is 0 Å². The molecule has 1 amide bonds. The molecule has 0 bridgehead atoms. The van der Waals surface area contributed by atoms with E-state index in [4.69, 9.17) is 11.6 Å². The van der Waals surface area contributed by atoms with Gasteiger partial charge in [0.25, 0.3) is 0 Å². The zero-order valence-electron chi connectivity index (χ0n) is 7.75. The van der Waals surface area contributed by atoms with Gasteiger partial charge in [-0.05, 0) is 12.1 Å². The van der Waals surface area contributed by atoms with Gasteiger partial charge < -0.3 is 10.6 Å². The molecule has 5 nitrogen and oxygen atoms in total. The van der Waals surface area contributed by atoms with Gasteiger partial charge in [0.05, 0.1) is 0 Å². The zero-order valence-corrected chi connectivity index (χ0v) is 8.51. The Balaban J connectivity index is 2.25. The number of amides is 1. The maximum Gasteiger partial charge on any atom is 0.216 e. The summed E-state index contributed by atoms with van der Waals surface area (Å²) in [5.74, 6) is 0.591. The highest BCUT2D eigenvalue weighted by Gasteiger charge is 1.94. The number of hydrogen-bond acceptors (Lipinski definition) is 4. The lowest BCUT2D eigenvalue weighted by Crippen LogP contribution is -2.26. The van der Waals surface area contributed by atoms with Gasteiger partial charge >= 0.3 is 0 Å². The number of halogens is 1. The van der Waals surface area contributed by atoms with Crippen molar-refractivity contribution in [2.75, 3.05) is 18.4 Å². The molecule has 1 aromatic rings. The number of hydrogen-bond donors (Lipinski definition) is 2. The van der Waals surface area contributed by atoms with E-state index >= 15 is 0 Å². The van der Waals surface area contributed by atoms with Crippen LogP contribution in [0.15, 0.2) is 12.1 Å². The van der Waals surface area contributed by atoms with E-state index in [0.29, 0.717) is 24.1 Å². The van der Waals surface area contributed by atoms with Gasteiger partial charge in [0.1, 0.15) is 5.82 Å². The van der Waals surface area contributed by atoms with Crippen LogP contribution in [0.4, 0.5) is 5.82 Å². The maximum absolute atomic E-state index is 10.5. The van der Waals surface area contributed by atoms with E-state index in [1.807, 2.05) is 0 Å². The first-order valence-electron chi connectivity index (χ1n) is 4.16. The highest BCUT2D eigenvalue weighted by Crippen LogP contribution is 2.04. The van der Waals surface area contributed by atoms with Gasteiger partial charge in [0.15, 0.2) is 5.15 Å². The fourth-order valence-electron chi connectivity index (χ4n) is 0.839. The second-order valence-corrected chi connectivity index (χ2v) is 3.04. The van der Waals surface area contributed by atoms with E-state index in [1.165, 1.54) is 6.92 Å². The summed E-state index contributed by atoms with van der Waals surface area (Å²) >= 11 is 5.56. The molecule has 0 unspecified atom stereocenters. The van der Waals surface area contributed by atoms with Crippen LogP contribution >= 0.6 is 11.6 Å². The lowest BCUT2D eigenvalue weighted by atomic mass is 10.5. The monoisotopic (exact) mass is 214 g/mol. The molecule has 6 heteroatoms. The Bertz CT molecular complexity index is 301. The van der Waals surface area contributed by atoms with Crippen LogP contribution in [0, 0.1) is 0 Å². The lowest BCUT2D eigenvalue weighted by Gasteiger charge is -2.04. The number of anilines is 1. The van der Waals surface area contributed by atoms with Crippen molar-refractivity contribution in [3.63, 3.8) is 0 Å². The molecule has 0 saturated heterocycles. The smallest absolute Gasteiger partial charge is 0.216 e. The molecule has 0 aromatic carbocycles. The summed E-state index contributed by atoms with van der Waals surface area (Å²) < 4.78 is 0. The zero-order chi connectivity index (χ0) is 10.4. The maximum atomic E-state index is 10.5. The Kier molecular flexibility index (Phi) is 4.12. The Morgan fingerprint density at radius 3 is 2.79 bits per heavy atom. The summed E-state index contributed by atoms with van der Waals surface area (Å²) in [7, 11) is 0. The third kappa shape index (κ3) is 4.04. The van der Waals surface area contributed by atoms with Crippen LogP contribution in [0.3, 0.4) is 0 Å². The third-order valence-corrected chi connectivity index (χ3v) is 1.64. The lowest BCUT2D eigenvalue weighted by molar-refractivity contribution is -0.118. The van der Waals surface area contributed by atoms with E-state index in [9.17, 15) is 4.79 Å². The van der Waals surface area contributed by atoms with Crippen LogP contribution in [-0.2, 0) is 4.79 Å². The number of nitrogens with one attached hydrogen (secondary N) is 2. The highest BCUT2D eigenvalue weighted by atomic mass is 35.5. The van der Waals surface area contributed by atoms with Crippen LogP contribution < -0.4 is 10.6 Å². The Hall–Kier alpha value is -1.36. The predicted molar refractivity (Wildman–Crippen MR) is 54.2 cm³/mol. The Morgan fingerprint density at radius 2 is 2.21 bits per heavy atom. The Morgan fingerprint density at radius 1 is 1.43 bits per heavy atom. The van der Waals surface area contributed by atoms with Crippen LogP contribution in [0.2, 0.25) is 5.15 Å². The Labute approximate surface area is 86.9 Å². The molecule has 1 heterocycles. The van der Waals surface area contributed by atoms with E-state index in [-0.39, 0.29) is 5.91 Å². The summed E-state index contributed by atoms with van der Waals surface area (Å²) in [4.78, 5) is 10.5. The largest absolute Gasteiger partial charge is 0.367 e. The van der Waals surface area contributed by atoms with Gasteiger partial charge in [0.2, 0.25) is 5.91 Å². The number of carbonyl (C=O) groups is 1. The molecular formula is C8H11ClN4O. The molecule has 0 saturated carbocycles. The van der Waals surface area contributed by atoms with Gasteiger partial charge in [-0.2, -0.15) is 0 Å². The van der Waals surface area contributed by atoms with Crippen molar-refractivity contribution in [2.24, 2.45) is 0 Å². The molecule has 0 atom stereocenters. The number of nitrogens with zero attached hydrogens (tertiary/aromatic N) is 2. The first-order valence-corrected chi connectivity index (χ1v) is 4.54. The van der Waals surface area contributed by atoms with E-state index < -0.39 is 0 Å². The fraction of sp³-hybridized carbons (Fsp3) is 0.375. The van der Waals surface area contributed by atoms with Crippen LogP contribution in [-0.4, -0.2) is 29.2 Å². The van der Waals surface area contributed by atoms with Crippen molar-refractivity contribution in [1.82, 2.24) is 15.5 Å². The molecule has 2 N–H and O–H groups in total. The molecule has 0 aliphatic rings. The second kappa shape index (κ2) is 5.39. The quantitative estimate of drug-likeness (QED) is 0.724. The van der Waals surface area contributed by atoms with Gasteiger partial charge in [-0.3, -0.25) is 4.79 Å². The molecule has 76 valence electrons. The van der Waals surface area contributed by atoms with Gasteiger partial charge in [-0.15, -0.1) is 10.2 Å². The van der Waals surface area contributed by atoms with Crippen molar-refractivity contribution >= 4 is 23.3 Å². The second-order valence-electron chi connectivity index (χ2n) is 2.65. The topological polar surface area (TPSA) is 66.9 Å². The van der Waals surface area contributed by atoms with Crippen molar-refractivity contribution in [2.45, 2.75) is 6.92 Å². The summed E-state index contributed by atoms with van der Waals surface area (Å²) in [5, 5.41) is 13.4. The normalized spacial score (nSPS) is 9.57. The van der Waals surface area contributed by atoms with Crippen molar-refractivity contribution in [3.05, 3.63) is 17.3 Å². The molecule has 0 aliphatic heterocycles. The summed E-state index contributed by atoms with van der Waals surface area (Å²) in [6, 6.07) is 3.37. The number of rotatable bonds is 4. The molecule has 1 rings (SSSR count). The minimum Gasteiger partial charge on any atom is -0.367 e. The van der Waals surface area contributed by atoms with E-state index in [0.717, 1.165) is 0 Å². The van der Waals surface area contributed by atoms with Gasteiger partial charge in [-0.1, -0.05) is 11.6 Å². The highest BCUT2D eigenvalue weighted by molar-refractivity contribution is 6.29.